The van der Waals surface area contributed by atoms with Gasteiger partial charge >= 0.3 is 0 Å². The molecule has 0 fully saturated rings. The Morgan fingerprint density at radius 1 is 1.05 bits per heavy atom. The van der Waals surface area contributed by atoms with Gasteiger partial charge in [0.05, 0.1) is 25.5 Å². The van der Waals surface area contributed by atoms with Gasteiger partial charge in [0.1, 0.15) is 23.1 Å². The Morgan fingerprint density at radius 3 is 2.24 bits per heavy atom. The summed E-state index contributed by atoms with van der Waals surface area (Å²) in [5.41, 5.74) is 1.64. The quantitative estimate of drug-likeness (QED) is 0.884. The van der Waals surface area contributed by atoms with Crippen LogP contribution >= 0.6 is 0 Å². The first-order valence-electron chi connectivity index (χ1n) is 7.06. The number of rotatable bonds is 6. The van der Waals surface area contributed by atoms with Crippen molar-refractivity contribution in [2.24, 2.45) is 0 Å². The van der Waals surface area contributed by atoms with Crippen molar-refractivity contribution in [3.05, 3.63) is 30.1 Å². The van der Waals surface area contributed by atoms with E-state index in [9.17, 15) is 0 Å². The molecule has 0 aliphatic carbocycles. The molecule has 0 atom stereocenters. The van der Waals surface area contributed by atoms with Crippen molar-refractivity contribution in [1.29, 1.82) is 0 Å². The molecule has 2 rings (SSSR count). The molecule has 0 spiro atoms. The Hall–Kier alpha value is -2.30. The van der Waals surface area contributed by atoms with Crippen LogP contribution in [0.1, 0.15) is 19.7 Å². The number of methoxy groups -OCH3 is 2. The first-order valence-corrected chi connectivity index (χ1v) is 7.06. The van der Waals surface area contributed by atoms with Crippen LogP contribution in [0.25, 0.3) is 11.3 Å². The van der Waals surface area contributed by atoms with Crippen LogP contribution in [0.4, 0.5) is 5.82 Å². The summed E-state index contributed by atoms with van der Waals surface area (Å²) in [7, 11) is 3.29. The van der Waals surface area contributed by atoms with Crippen LogP contribution in [0.5, 0.6) is 11.5 Å². The van der Waals surface area contributed by atoms with Crippen molar-refractivity contribution in [1.82, 2.24) is 9.97 Å². The molecule has 1 aromatic carbocycles. The van der Waals surface area contributed by atoms with Gasteiger partial charge in [0.25, 0.3) is 0 Å². The van der Waals surface area contributed by atoms with E-state index in [2.05, 4.69) is 15.3 Å². The van der Waals surface area contributed by atoms with E-state index in [1.54, 1.807) is 14.2 Å². The zero-order valence-electron chi connectivity index (χ0n) is 12.9. The molecule has 0 aliphatic heterocycles. The third-order valence-corrected chi connectivity index (χ3v) is 3.13. The summed E-state index contributed by atoms with van der Waals surface area (Å²) < 4.78 is 10.9. The number of benzene rings is 1. The van der Waals surface area contributed by atoms with Crippen LogP contribution < -0.4 is 14.8 Å². The minimum absolute atomic E-state index is 0.734. The summed E-state index contributed by atoms with van der Waals surface area (Å²) in [4.78, 5) is 9.08. The van der Waals surface area contributed by atoms with E-state index < -0.39 is 0 Å². The lowest BCUT2D eigenvalue weighted by atomic mass is 10.1. The second-order valence-corrected chi connectivity index (χ2v) is 4.48. The second-order valence-electron chi connectivity index (χ2n) is 4.48. The molecule has 112 valence electrons. The third-order valence-electron chi connectivity index (χ3n) is 3.13. The zero-order chi connectivity index (χ0) is 15.2. The van der Waals surface area contributed by atoms with Crippen molar-refractivity contribution in [2.75, 3.05) is 26.1 Å². The van der Waals surface area contributed by atoms with E-state index in [0.29, 0.717) is 0 Å². The maximum Gasteiger partial charge on any atom is 0.132 e. The Bertz CT molecular complexity index is 592. The highest BCUT2D eigenvalue weighted by Gasteiger charge is 2.15. The van der Waals surface area contributed by atoms with Gasteiger partial charge in [0.2, 0.25) is 0 Å². The van der Waals surface area contributed by atoms with E-state index in [0.717, 1.165) is 47.4 Å². The molecule has 0 saturated carbocycles. The number of hydrogen-bond donors (Lipinski definition) is 1. The highest BCUT2D eigenvalue weighted by Crippen LogP contribution is 2.37. The first-order chi connectivity index (χ1) is 10.2. The molecular weight excluding hydrogens is 266 g/mol. The van der Waals surface area contributed by atoms with E-state index in [1.807, 2.05) is 38.1 Å². The fourth-order valence-corrected chi connectivity index (χ4v) is 2.16. The van der Waals surface area contributed by atoms with Crippen LogP contribution in [0.15, 0.2) is 24.3 Å². The summed E-state index contributed by atoms with van der Waals surface area (Å²) in [6.07, 6.45) is 0.768. The van der Waals surface area contributed by atoms with Gasteiger partial charge in [-0.1, -0.05) is 13.0 Å². The van der Waals surface area contributed by atoms with Crippen molar-refractivity contribution in [3.63, 3.8) is 0 Å². The molecule has 0 aliphatic rings. The molecule has 2 aromatic rings. The van der Waals surface area contributed by atoms with E-state index in [1.165, 1.54) is 0 Å². The largest absolute Gasteiger partial charge is 0.496 e. The SMILES string of the molecule is CCNc1cc(-c2c(OC)cccc2OC)nc(CC)n1. The maximum atomic E-state index is 5.45. The molecule has 1 N–H and O–H groups in total. The first kappa shape index (κ1) is 15.1. The Balaban J connectivity index is 2.62. The third kappa shape index (κ3) is 3.24. The lowest BCUT2D eigenvalue weighted by molar-refractivity contribution is 0.397. The standard InChI is InChI=1S/C16H21N3O2/c1-5-14-18-11(10-15(19-14)17-6-2)16-12(20-3)8-7-9-13(16)21-4/h7-10H,5-6H2,1-4H3,(H,17,18,19). The molecule has 0 saturated heterocycles. The number of nitrogens with zero attached hydrogens (tertiary/aromatic N) is 2. The van der Waals surface area contributed by atoms with Crippen LogP contribution in [-0.4, -0.2) is 30.7 Å². The highest BCUT2D eigenvalue weighted by molar-refractivity contribution is 5.75. The van der Waals surface area contributed by atoms with Gasteiger partial charge < -0.3 is 14.8 Å². The van der Waals surface area contributed by atoms with Crippen LogP contribution in [0.2, 0.25) is 0 Å². The topological polar surface area (TPSA) is 56.3 Å². The zero-order valence-corrected chi connectivity index (χ0v) is 12.9. The maximum absolute atomic E-state index is 5.45. The van der Waals surface area contributed by atoms with Gasteiger partial charge in [-0.25, -0.2) is 9.97 Å². The predicted octanol–water partition coefficient (Wildman–Crippen LogP) is 3.16. The minimum Gasteiger partial charge on any atom is -0.496 e. The van der Waals surface area contributed by atoms with Gasteiger partial charge in [-0.2, -0.15) is 0 Å². The summed E-state index contributed by atoms with van der Waals surface area (Å²) in [5, 5.41) is 3.23. The van der Waals surface area contributed by atoms with Gasteiger partial charge in [-0.15, -0.1) is 0 Å². The van der Waals surface area contributed by atoms with Crippen molar-refractivity contribution >= 4 is 5.82 Å². The fourth-order valence-electron chi connectivity index (χ4n) is 2.16. The summed E-state index contributed by atoms with van der Waals surface area (Å²) in [5.74, 6) is 3.07. The average Bonchev–Trinajstić information content (AvgIpc) is 2.53. The van der Waals surface area contributed by atoms with E-state index >= 15 is 0 Å². The second kappa shape index (κ2) is 6.92. The molecule has 1 heterocycles. The van der Waals surface area contributed by atoms with Gasteiger partial charge in [0.15, 0.2) is 0 Å². The summed E-state index contributed by atoms with van der Waals surface area (Å²) in [6.45, 7) is 4.88. The number of anilines is 1. The van der Waals surface area contributed by atoms with E-state index in [4.69, 9.17) is 9.47 Å². The Labute approximate surface area is 125 Å². The number of ether oxygens (including phenoxy) is 2. The predicted molar refractivity (Wildman–Crippen MR) is 84.1 cm³/mol. The van der Waals surface area contributed by atoms with Crippen LogP contribution in [0, 0.1) is 0 Å². The molecule has 21 heavy (non-hydrogen) atoms. The number of aromatic nitrogens is 2. The molecule has 0 unspecified atom stereocenters. The Morgan fingerprint density at radius 2 is 1.71 bits per heavy atom. The number of nitrogens with one attached hydrogen (secondary N) is 1. The molecular formula is C16H21N3O2. The molecule has 0 amide bonds. The molecule has 5 nitrogen and oxygen atoms in total. The molecule has 0 bridgehead atoms. The minimum atomic E-state index is 0.734. The number of aryl methyl sites for hydroxylation is 1. The molecule has 1 aromatic heterocycles. The average molecular weight is 287 g/mol. The van der Waals surface area contributed by atoms with Crippen LogP contribution in [-0.2, 0) is 6.42 Å². The van der Waals surface area contributed by atoms with Gasteiger partial charge in [-0.3, -0.25) is 0 Å². The molecule has 5 heteroatoms. The highest BCUT2D eigenvalue weighted by atomic mass is 16.5. The normalized spacial score (nSPS) is 10.3. The van der Waals surface area contributed by atoms with Crippen molar-refractivity contribution in [3.8, 4) is 22.8 Å². The monoisotopic (exact) mass is 287 g/mol. The fraction of sp³-hybridized carbons (Fsp3) is 0.375. The van der Waals surface area contributed by atoms with Gasteiger partial charge in [-0.05, 0) is 19.1 Å². The van der Waals surface area contributed by atoms with Crippen molar-refractivity contribution < 1.29 is 9.47 Å². The van der Waals surface area contributed by atoms with Crippen molar-refractivity contribution in [2.45, 2.75) is 20.3 Å². The smallest absolute Gasteiger partial charge is 0.132 e. The van der Waals surface area contributed by atoms with Gasteiger partial charge in [0, 0.05) is 19.0 Å². The lowest BCUT2D eigenvalue weighted by Gasteiger charge is -2.14. The summed E-state index contributed by atoms with van der Waals surface area (Å²) >= 11 is 0. The molecule has 0 radical (unpaired) electrons. The van der Waals surface area contributed by atoms with Crippen LogP contribution in [0.3, 0.4) is 0 Å². The Kier molecular flexibility index (Phi) is 4.98. The summed E-state index contributed by atoms with van der Waals surface area (Å²) in [6, 6.07) is 7.62. The van der Waals surface area contributed by atoms with E-state index in [-0.39, 0.29) is 0 Å². The number of hydrogen-bond acceptors (Lipinski definition) is 5. The lowest BCUT2D eigenvalue weighted by Crippen LogP contribution is -2.05.